The second-order valence-electron chi connectivity index (χ2n) is 5.34. The molecule has 0 spiro atoms. The van der Waals surface area contributed by atoms with Crippen molar-refractivity contribution >= 4 is 5.97 Å². The summed E-state index contributed by atoms with van der Waals surface area (Å²) in [6, 6.07) is 4.98. The lowest BCUT2D eigenvalue weighted by atomic mass is 10.1. The van der Waals surface area contributed by atoms with Gasteiger partial charge in [-0.15, -0.1) is 0 Å². The summed E-state index contributed by atoms with van der Waals surface area (Å²) in [7, 11) is 2.96. The van der Waals surface area contributed by atoms with E-state index in [-0.39, 0.29) is 6.10 Å². The zero-order chi connectivity index (χ0) is 15.2. The molecule has 2 N–H and O–H groups in total. The molecule has 1 aliphatic carbocycles. The molecule has 0 amide bonds. The number of benzene rings is 1. The molecule has 5 heteroatoms. The fourth-order valence-electron chi connectivity index (χ4n) is 2.61. The summed E-state index contributed by atoms with van der Waals surface area (Å²) in [5.41, 5.74) is 6.73. The molecule has 5 nitrogen and oxygen atoms in total. The van der Waals surface area contributed by atoms with Gasteiger partial charge in [-0.1, -0.05) is 6.07 Å². The molecule has 1 saturated carbocycles. The Kier molecular flexibility index (Phi) is 5.44. The zero-order valence-corrected chi connectivity index (χ0v) is 12.6. The van der Waals surface area contributed by atoms with E-state index in [9.17, 15) is 4.79 Å². The third-order valence-corrected chi connectivity index (χ3v) is 3.78. The van der Waals surface area contributed by atoms with Crippen LogP contribution in [0.25, 0.3) is 0 Å². The summed E-state index contributed by atoms with van der Waals surface area (Å²) in [6.07, 6.45) is 5.24. The number of methoxy groups -OCH3 is 2. The van der Waals surface area contributed by atoms with Gasteiger partial charge in [0.25, 0.3) is 0 Å². The zero-order valence-electron chi connectivity index (χ0n) is 12.6. The van der Waals surface area contributed by atoms with E-state index in [4.69, 9.17) is 15.2 Å². The van der Waals surface area contributed by atoms with E-state index in [2.05, 4.69) is 4.74 Å². The highest BCUT2D eigenvalue weighted by molar-refractivity contribution is 5.75. The summed E-state index contributed by atoms with van der Waals surface area (Å²) in [5, 5.41) is 0. The Labute approximate surface area is 125 Å². The summed E-state index contributed by atoms with van der Waals surface area (Å²) in [4.78, 5) is 11.4. The van der Waals surface area contributed by atoms with Crippen molar-refractivity contribution in [1.29, 1.82) is 0 Å². The summed E-state index contributed by atoms with van der Waals surface area (Å²) < 4.78 is 16.0. The van der Waals surface area contributed by atoms with Crippen molar-refractivity contribution in [3.05, 3.63) is 23.8 Å². The monoisotopic (exact) mass is 293 g/mol. The molecule has 2 rings (SSSR count). The van der Waals surface area contributed by atoms with Gasteiger partial charge in [0.05, 0.1) is 20.3 Å². The first kappa shape index (κ1) is 15.6. The molecule has 116 valence electrons. The summed E-state index contributed by atoms with van der Waals surface area (Å²) in [6.45, 7) is 0. The lowest BCUT2D eigenvalue weighted by Gasteiger charge is -2.17. The first-order valence-corrected chi connectivity index (χ1v) is 7.31. The maximum absolute atomic E-state index is 11.4. The molecule has 0 aliphatic heterocycles. The third-order valence-electron chi connectivity index (χ3n) is 3.78. The van der Waals surface area contributed by atoms with Crippen LogP contribution in [0.15, 0.2) is 18.2 Å². The van der Waals surface area contributed by atoms with Crippen LogP contribution in [0, 0.1) is 0 Å². The molecular formula is C16H23NO4. The quantitative estimate of drug-likeness (QED) is 0.813. The number of rotatable bonds is 6. The number of hydrogen-bond acceptors (Lipinski definition) is 5. The third kappa shape index (κ3) is 4.11. The molecule has 1 aliphatic rings. The molecule has 0 heterocycles. The van der Waals surface area contributed by atoms with Crippen LogP contribution in [0.5, 0.6) is 11.5 Å². The summed E-state index contributed by atoms with van der Waals surface area (Å²) in [5.74, 6) is 1.01. The van der Waals surface area contributed by atoms with Crippen molar-refractivity contribution < 1.29 is 19.0 Å². The van der Waals surface area contributed by atoms with Crippen molar-refractivity contribution in [2.45, 2.75) is 44.2 Å². The predicted molar refractivity (Wildman–Crippen MR) is 79.6 cm³/mol. The van der Waals surface area contributed by atoms with E-state index in [0.29, 0.717) is 12.2 Å². The minimum atomic E-state index is -0.664. The van der Waals surface area contributed by atoms with Gasteiger partial charge in [-0.05, 0) is 49.8 Å². The number of ether oxygens (including phenoxy) is 3. The normalized spacial score (nSPS) is 16.5. The van der Waals surface area contributed by atoms with Gasteiger partial charge >= 0.3 is 5.97 Å². The molecule has 0 radical (unpaired) electrons. The predicted octanol–water partition coefficient (Wildman–Crippen LogP) is 2.06. The molecule has 21 heavy (non-hydrogen) atoms. The van der Waals surface area contributed by atoms with Crippen molar-refractivity contribution in [2.24, 2.45) is 5.73 Å². The highest BCUT2D eigenvalue weighted by Gasteiger charge is 2.20. The molecule has 0 bridgehead atoms. The molecular weight excluding hydrogens is 270 g/mol. The van der Waals surface area contributed by atoms with Crippen LogP contribution in [0.1, 0.15) is 31.2 Å². The topological polar surface area (TPSA) is 70.8 Å². The SMILES string of the molecule is COC(=O)C(N)Cc1ccc(OC)c(OC2CCCC2)c1. The van der Waals surface area contributed by atoms with E-state index in [1.807, 2.05) is 18.2 Å². The second kappa shape index (κ2) is 7.31. The number of nitrogens with two attached hydrogens (primary N) is 1. The van der Waals surface area contributed by atoms with E-state index in [1.165, 1.54) is 20.0 Å². The number of esters is 1. The first-order chi connectivity index (χ1) is 10.1. The molecule has 0 saturated heterocycles. The van der Waals surface area contributed by atoms with Crippen LogP contribution in [-0.2, 0) is 16.0 Å². The Balaban J connectivity index is 2.10. The Morgan fingerprint density at radius 2 is 2.00 bits per heavy atom. The molecule has 1 fully saturated rings. The van der Waals surface area contributed by atoms with Crippen molar-refractivity contribution in [3.8, 4) is 11.5 Å². The van der Waals surface area contributed by atoms with Crippen LogP contribution >= 0.6 is 0 Å². The molecule has 1 aromatic rings. The van der Waals surface area contributed by atoms with Crippen molar-refractivity contribution in [3.63, 3.8) is 0 Å². The number of hydrogen-bond donors (Lipinski definition) is 1. The van der Waals surface area contributed by atoms with Crippen molar-refractivity contribution in [1.82, 2.24) is 0 Å². The van der Waals surface area contributed by atoms with Crippen LogP contribution in [0.4, 0.5) is 0 Å². The van der Waals surface area contributed by atoms with E-state index < -0.39 is 12.0 Å². The van der Waals surface area contributed by atoms with Crippen LogP contribution < -0.4 is 15.2 Å². The lowest BCUT2D eigenvalue weighted by Crippen LogP contribution is -2.33. The van der Waals surface area contributed by atoms with Gasteiger partial charge in [0, 0.05) is 0 Å². The van der Waals surface area contributed by atoms with Gasteiger partial charge in [-0.3, -0.25) is 4.79 Å². The van der Waals surface area contributed by atoms with Crippen molar-refractivity contribution in [2.75, 3.05) is 14.2 Å². The average Bonchev–Trinajstić information content (AvgIpc) is 2.99. The minimum Gasteiger partial charge on any atom is -0.493 e. The highest BCUT2D eigenvalue weighted by Crippen LogP contribution is 2.32. The van der Waals surface area contributed by atoms with Crippen LogP contribution in [-0.4, -0.2) is 32.3 Å². The molecule has 1 unspecified atom stereocenters. The molecule has 0 aromatic heterocycles. The minimum absolute atomic E-state index is 0.253. The van der Waals surface area contributed by atoms with E-state index >= 15 is 0 Å². The van der Waals surface area contributed by atoms with Gasteiger partial charge in [0.15, 0.2) is 11.5 Å². The largest absolute Gasteiger partial charge is 0.493 e. The second-order valence-corrected chi connectivity index (χ2v) is 5.34. The lowest BCUT2D eigenvalue weighted by molar-refractivity contribution is -0.142. The highest BCUT2D eigenvalue weighted by atomic mass is 16.5. The fourth-order valence-corrected chi connectivity index (χ4v) is 2.61. The standard InChI is InChI=1S/C16H23NO4/c1-19-14-8-7-11(9-13(17)16(18)20-2)10-15(14)21-12-5-3-4-6-12/h7-8,10,12-13H,3-6,9,17H2,1-2H3. The summed E-state index contributed by atoms with van der Waals surface area (Å²) >= 11 is 0. The average molecular weight is 293 g/mol. The van der Waals surface area contributed by atoms with Gasteiger partial charge in [0.1, 0.15) is 6.04 Å². The molecule has 1 atom stereocenters. The van der Waals surface area contributed by atoms with Gasteiger partial charge in [0.2, 0.25) is 0 Å². The van der Waals surface area contributed by atoms with Crippen LogP contribution in [0.3, 0.4) is 0 Å². The Hall–Kier alpha value is -1.75. The Morgan fingerprint density at radius 1 is 1.29 bits per heavy atom. The van der Waals surface area contributed by atoms with E-state index in [1.54, 1.807) is 7.11 Å². The number of carbonyl (C=O) groups excluding carboxylic acids is 1. The van der Waals surface area contributed by atoms with E-state index in [0.717, 1.165) is 24.2 Å². The fraction of sp³-hybridized carbons (Fsp3) is 0.562. The van der Waals surface area contributed by atoms with Gasteiger partial charge in [-0.25, -0.2) is 0 Å². The molecule has 1 aromatic carbocycles. The smallest absolute Gasteiger partial charge is 0.322 e. The Bertz CT molecular complexity index is 483. The van der Waals surface area contributed by atoms with Gasteiger partial charge in [-0.2, -0.15) is 0 Å². The maximum Gasteiger partial charge on any atom is 0.322 e. The van der Waals surface area contributed by atoms with Crippen LogP contribution in [0.2, 0.25) is 0 Å². The first-order valence-electron chi connectivity index (χ1n) is 7.31. The number of carbonyl (C=O) groups is 1. The Morgan fingerprint density at radius 3 is 2.62 bits per heavy atom. The van der Waals surface area contributed by atoms with Gasteiger partial charge < -0.3 is 19.9 Å². The maximum atomic E-state index is 11.4.